The average molecular weight is 522 g/mol. The Morgan fingerprint density at radius 3 is 2.51 bits per heavy atom. The van der Waals surface area contributed by atoms with Gasteiger partial charge in [-0.1, -0.05) is 54.2 Å². The fourth-order valence-corrected chi connectivity index (χ4v) is 5.32. The highest BCUT2D eigenvalue weighted by Crippen LogP contribution is 2.48. The lowest BCUT2D eigenvalue weighted by molar-refractivity contribution is -0.143. The fourth-order valence-electron chi connectivity index (χ4n) is 4.35. The van der Waals surface area contributed by atoms with E-state index in [-0.39, 0.29) is 18.4 Å². The molecule has 37 heavy (non-hydrogen) atoms. The monoisotopic (exact) mass is 521 g/mol. The number of nitrogens with one attached hydrogen (secondary N) is 1. The van der Waals surface area contributed by atoms with E-state index in [4.69, 9.17) is 19.2 Å². The van der Waals surface area contributed by atoms with Gasteiger partial charge >= 0.3 is 5.97 Å². The molecule has 0 aromatic heterocycles. The predicted molar refractivity (Wildman–Crippen MR) is 144 cm³/mol. The molecular weight excluding hydrogens is 490 g/mol. The van der Waals surface area contributed by atoms with Crippen molar-refractivity contribution in [2.75, 3.05) is 14.2 Å². The van der Waals surface area contributed by atoms with Gasteiger partial charge in [0.15, 0.2) is 16.7 Å². The van der Waals surface area contributed by atoms with E-state index in [9.17, 15) is 9.59 Å². The maximum atomic E-state index is 13.4. The molecule has 1 N–H and O–H groups in total. The van der Waals surface area contributed by atoms with Crippen LogP contribution in [-0.2, 0) is 20.9 Å². The number of esters is 1. The molecule has 0 radical (unpaired) electrons. The number of hydrogen-bond acceptors (Lipinski definition) is 8. The highest BCUT2D eigenvalue weighted by Gasteiger charge is 2.43. The lowest BCUT2D eigenvalue weighted by atomic mass is 9.92. The summed E-state index contributed by atoms with van der Waals surface area (Å²) >= 11 is 1.42. The summed E-state index contributed by atoms with van der Waals surface area (Å²) in [5.41, 5.74) is 3.40. The molecule has 2 aromatic carbocycles. The van der Waals surface area contributed by atoms with E-state index in [1.807, 2.05) is 52.8 Å². The van der Waals surface area contributed by atoms with Gasteiger partial charge in [0.25, 0.3) is 0 Å². The zero-order chi connectivity index (χ0) is 26.5. The van der Waals surface area contributed by atoms with Crippen molar-refractivity contribution in [1.82, 2.24) is 10.2 Å². The van der Waals surface area contributed by atoms with Crippen LogP contribution >= 0.6 is 11.8 Å². The van der Waals surface area contributed by atoms with Crippen LogP contribution in [0.5, 0.6) is 11.5 Å². The van der Waals surface area contributed by atoms with Crippen molar-refractivity contribution in [3.8, 4) is 11.5 Å². The van der Waals surface area contributed by atoms with Crippen LogP contribution in [0, 0.1) is 0 Å². The van der Waals surface area contributed by atoms with E-state index in [1.165, 1.54) is 11.8 Å². The van der Waals surface area contributed by atoms with Crippen LogP contribution in [0.2, 0.25) is 0 Å². The Balaban J connectivity index is 1.70. The number of aliphatic imine (C=N–C) groups is 1. The summed E-state index contributed by atoms with van der Waals surface area (Å²) in [6.07, 6.45) is -0.189. The molecule has 2 heterocycles. The van der Waals surface area contributed by atoms with Gasteiger partial charge in [-0.05, 0) is 37.8 Å². The number of carbonyl (C=O) groups excluding carboxylic acids is 2. The smallest absolute Gasteiger partial charge is 0.338 e. The van der Waals surface area contributed by atoms with E-state index in [0.717, 1.165) is 11.3 Å². The van der Waals surface area contributed by atoms with Crippen LogP contribution < -0.4 is 14.8 Å². The number of methoxy groups -OCH3 is 2. The molecule has 0 spiro atoms. The van der Waals surface area contributed by atoms with Gasteiger partial charge in [0, 0.05) is 17.8 Å². The third-order valence-electron chi connectivity index (χ3n) is 5.97. The number of carbonyl (C=O) groups is 2. The summed E-state index contributed by atoms with van der Waals surface area (Å²) in [7, 11) is 3.13. The molecule has 0 saturated carbocycles. The summed E-state index contributed by atoms with van der Waals surface area (Å²) in [4.78, 5) is 33.0. The molecular formula is C28H31N3O5S. The standard InChI is InChI=1S/C28H31N3O5S/c1-17(2)36-27(33)24-18(3)30-28-31(25(24)21-12-9-13-22(34-4)26(21)35-5)20(16-37-28)14-23(32)29-15-19-10-7-6-8-11-19/h6-13,16-17,25H,14-15H2,1-5H3,(H,29,32)/t25-/m0/s1. The van der Waals surface area contributed by atoms with E-state index in [0.29, 0.717) is 40.0 Å². The molecule has 0 unspecified atom stereocenters. The molecule has 1 atom stereocenters. The minimum Gasteiger partial charge on any atom is -0.493 e. The first kappa shape index (κ1) is 26.3. The van der Waals surface area contributed by atoms with Crippen LogP contribution in [0.3, 0.4) is 0 Å². The average Bonchev–Trinajstić information content (AvgIpc) is 3.27. The molecule has 0 saturated heterocycles. The number of ether oxygens (including phenoxy) is 3. The van der Waals surface area contributed by atoms with Crippen molar-refractivity contribution in [3.63, 3.8) is 0 Å². The molecule has 2 aliphatic heterocycles. The minimum absolute atomic E-state index is 0.118. The number of thioether (sulfide) groups is 1. The van der Waals surface area contributed by atoms with Crippen LogP contribution in [0.25, 0.3) is 0 Å². The van der Waals surface area contributed by atoms with Crippen LogP contribution in [0.15, 0.2) is 75.9 Å². The Kier molecular flexibility index (Phi) is 8.23. The van der Waals surface area contributed by atoms with Gasteiger partial charge in [0.2, 0.25) is 5.91 Å². The number of rotatable bonds is 9. The Bertz CT molecular complexity index is 1270. The number of nitrogens with zero attached hydrogens (tertiary/aromatic N) is 2. The van der Waals surface area contributed by atoms with Crippen molar-refractivity contribution in [1.29, 1.82) is 0 Å². The van der Waals surface area contributed by atoms with Gasteiger partial charge in [0.05, 0.1) is 44.1 Å². The van der Waals surface area contributed by atoms with Crippen LogP contribution in [-0.4, -0.2) is 42.3 Å². The molecule has 0 aliphatic carbocycles. The Hall–Kier alpha value is -3.72. The number of amidine groups is 1. The van der Waals surface area contributed by atoms with E-state index in [2.05, 4.69) is 5.32 Å². The molecule has 1 amide bonds. The maximum Gasteiger partial charge on any atom is 0.338 e. The van der Waals surface area contributed by atoms with E-state index < -0.39 is 12.0 Å². The lowest BCUT2D eigenvalue weighted by Gasteiger charge is -2.37. The summed E-state index contributed by atoms with van der Waals surface area (Å²) in [5, 5.41) is 5.57. The second-order valence-corrected chi connectivity index (χ2v) is 9.71. The van der Waals surface area contributed by atoms with Gasteiger partial charge in [0.1, 0.15) is 0 Å². The molecule has 0 bridgehead atoms. The maximum absolute atomic E-state index is 13.4. The third-order valence-corrected chi connectivity index (χ3v) is 6.85. The largest absolute Gasteiger partial charge is 0.493 e. The van der Waals surface area contributed by atoms with Crippen molar-refractivity contribution < 1.29 is 23.8 Å². The quantitative estimate of drug-likeness (QED) is 0.468. The van der Waals surface area contributed by atoms with E-state index in [1.54, 1.807) is 41.1 Å². The summed E-state index contributed by atoms with van der Waals surface area (Å²) < 4.78 is 16.9. The van der Waals surface area contributed by atoms with E-state index >= 15 is 0 Å². The Morgan fingerprint density at radius 1 is 1.08 bits per heavy atom. The van der Waals surface area contributed by atoms with Gasteiger partial charge in [-0.15, -0.1) is 0 Å². The molecule has 9 heteroatoms. The molecule has 2 aromatic rings. The second kappa shape index (κ2) is 11.6. The number of fused-ring (bicyclic) bond motifs is 1. The van der Waals surface area contributed by atoms with Gasteiger partial charge in [-0.25, -0.2) is 9.79 Å². The first-order valence-corrected chi connectivity index (χ1v) is 12.9. The number of allylic oxidation sites excluding steroid dienone is 1. The second-order valence-electron chi connectivity index (χ2n) is 8.87. The Labute approximate surface area is 221 Å². The zero-order valence-electron chi connectivity index (χ0n) is 21.6. The van der Waals surface area contributed by atoms with Crippen LogP contribution in [0.1, 0.15) is 44.4 Å². The molecule has 2 aliphatic rings. The SMILES string of the molecule is COc1cccc([C@H]2C(C(=O)OC(C)C)=C(C)N=C3SC=C(CC(=O)NCc4ccccc4)N32)c1OC. The molecule has 0 fully saturated rings. The number of amides is 1. The van der Waals surface area contributed by atoms with Gasteiger partial charge < -0.3 is 24.4 Å². The summed E-state index contributed by atoms with van der Waals surface area (Å²) in [6.45, 7) is 5.84. The molecule has 194 valence electrons. The number of para-hydroxylation sites is 1. The third kappa shape index (κ3) is 5.67. The fraction of sp³-hybridized carbons (Fsp3) is 0.321. The topological polar surface area (TPSA) is 89.5 Å². The van der Waals surface area contributed by atoms with Gasteiger partial charge in [-0.3, -0.25) is 4.79 Å². The highest BCUT2D eigenvalue weighted by atomic mass is 32.2. The predicted octanol–water partition coefficient (Wildman–Crippen LogP) is 4.94. The van der Waals surface area contributed by atoms with Gasteiger partial charge in [-0.2, -0.15) is 0 Å². The minimum atomic E-state index is -0.619. The van der Waals surface area contributed by atoms with Crippen molar-refractivity contribution in [2.24, 2.45) is 4.99 Å². The molecule has 4 rings (SSSR count). The molecule has 8 nitrogen and oxygen atoms in total. The Morgan fingerprint density at radius 2 is 1.84 bits per heavy atom. The van der Waals surface area contributed by atoms with Crippen molar-refractivity contribution in [3.05, 3.63) is 82.0 Å². The normalized spacial score (nSPS) is 16.7. The highest BCUT2D eigenvalue weighted by molar-refractivity contribution is 8.16. The van der Waals surface area contributed by atoms with Crippen molar-refractivity contribution in [2.45, 2.75) is 45.9 Å². The number of hydrogen-bond donors (Lipinski definition) is 1. The first-order valence-electron chi connectivity index (χ1n) is 12.0. The summed E-state index contributed by atoms with van der Waals surface area (Å²) in [6, 6.07) is 14.7. The van der Waals surface area contributed by atoms with Crippen molar-refractivity contribution >= 4 is 28.8 Å². The zero-order valence-corrected chi connectivity index (χ0v) is 22.4. The number of benzene rings is 2. The van der Waals surface area contributed by atoms with Crippen LogP contribution in [0.4, 0.5) is 0 Å². The summed E-state index contributed by atoms with van der Waals surface area (Å²) in [5.74, 6) is 0.445. The lowest BCUT2D eigenvalue weighted by Crippen LogP contribution is -2.38. The first-order chi connectivity index (χ1) is 17.8.